The van der Waals surface area contributed by atoms with E-state index in [1.165, 1.54) is 32.1 Å². The molecule has 4 bridgehead atoms. The van der Waals surface area contributed by atoms with E-state index in [0.29, 0.717) is 12.6 Å². The summed E-state index contributed by atoms with van der Waals surface area (Å²) in [4.78, 5) is 12.3. The van der Waals surface area contributed by atoms with Gasteiger partial charge >= 0.3 is 0 Å². The molecular formula is C15H26N2O. The maximum absolute atomic E-state index is 12.3. The van der Waals surface area contributed by atoms with Crippen molar-refractivity contribution >= 4 is 5.91 Å². The average molecular weight is 250 g/mol. The maximum Gasteiger partial charge on any atom is 0.227 e. The van der Waals surface area contributed by atoms with Crippen molar-refractivity contribution in [2.45, 2.75) is 52.0 Å². The highest BCUT2D eigenvalue weighted by molar-refractivity contribution is 5.82. The summed E-state index contributed by atoms with van der Waals surface area (Å²) < 4.78 is 0. The topological polar surface area (TPSA) is 55.1 Å². The van der Waals surface area contributed by atoms with E-state index in [1.54, 1.807) is 0 Å². The highest BCUT2D eigenvalue weighted by atomic mass is 16.2. The van der Waals surface area contributed by atoms with Gasteiger partial charge < -0.3 is 11.1 Å². The van der Waals surface area contributed by atoms with Gasteiger partial charge in [0.2, 0.25) is 5.91 Å². The van der Waals surface area contributed by atoms with Crippen LogP contribution in [0.1, 0.15) is 46.0 Å². The fourth-order valence-electron chi connectivity index (χ4n) is 4.60. The van der Waals surface area contributed by atoms with Crippen molar-refractivity contribution in [3.8, 4) is 0 Å². The molecule has 0 atom stereocenters. The van der Waals surface area contributed by atoms with Gasteiger partial charge in [0, 0.05) is 12.6 Å². The van der Waals surface area contributed by atoms with Gasteiger partial charge in [0.05, 0.1) is 5.41 Å². The van der Waals surface area contributed by atoms with Crippen molar-refractivity contribution in [3.05, 3.63) is 0 Å². The van der Waals surface area contributed by atoms with Crippen LogP contribution in [-0.4, -0.2) is 18.5 Å². The SMILES string of the molecule is CC(C)(CN)C(=O)NC1C2CC3CC(C2)CC1C3. The van der Waals surface area contributed by atoms with Gasteiger partial charge in [-0.2, -0.15) is 0 Å². The zero-order chi connectivity index (χ0) is 12.9. The van der Waals surface area contributed by atoms with Crippen LogP contribution in [0.2, 0.25) is 0 Å². The second-order valence-electron chi connectivity index (χ2n) is 7.52. The molecule has 1 amide bonds. The first kappa shape index (κ1) is 12.5. The lowest BCUT2D eigenvalue weighted by atomic mass is 9.54. The summed E-state index contributed by atoms with van der Waals surface area (Å²) in [6.45, 7) is 4.31. The minimum Gasteiger partial charge on any atom is -0.352 e. The fourth-order valence-corrected chi connectivity index (χ4v) is 4.60. The van der Waals surface area contributed by atoms with E-state index in [2.05, 4.69) is 5.32 Å². The lowest BCUT2D eigenvalue weighted by Crippen LogP contribution is -2.58. The molecule has 0 aromatic carbocycles. The average Bonchev–Trinajstić information content (AvgIpc) is 2.32. The lowest BCUT2D eigenvalue weighted by molar-refractivity contribution is -0.132. The predicted octanol–water partition coefficient (Wildman–Crippen LogP) is 1.91. The number of hydrogen-bond donors (Lipinski definition) is 2. The van der Waals surface area contributed by atoms with Gasteiger partial charge in [-0.3, -0.25) is 4.79 Å². The van der Waals surface area contributed by atoms with Crippen molar-refractivity contribution < 1.29 is 4.79 Å². The normalized spacial score (nSPS) is 42.1. The van der Waals surface area contributed by atoms with E-state index in [1.807, 2.05) is 13.8 Å². The lowest BCUT2D eigenvalue weighted by Gasteiger charge is -2.54. The summed E-state index contributed by atoms with van der Waals surface area (Å²) in [6.07, 6.45) is 6.85. The van der Waals surface area contributed by atoms with Crippen molar-refractivity contribution in [2.75, 3.05) is 6.54 Å². The third kappa shape index (κ3) is 1.97. The summed E-state index contributed by atoms with van der Waals surface area (Å²) in [7, 11) is 0. The predicted molar refractivity (Wildman–Crippen MR) is 71.8 cm³/mol. The number of rotatable bonds is 3. The summed E-state index contributed by atoms with van der Waals surface area (Å²) >= 11 is 0. The minimum absolute atomic E-state index is 0.155. The van der Waals surface area contributed by atoms with E-state index in [0.717, 1.165) is 23.7 Å². The van der Waals surface area contributed by atoms with Gasteiger partial charge in [0.1, 0.15) is 0 Å². The molecule has 4 saturated carbocycles. The minimum atomic E-state index is -0.422. The van der Waals surface area contributed by atoms with Gasteiger partial charge in [-0.05, 0) is 69.6 Å². The molecular weight excluding hydrogens is 224 g/mol. The Balaban J connectivity index is 1.69. The van der Waals surface area contributed by atoms with Gasteiger partial charge in [-0.1, -0.05) is 0 Å². The molecule has 3 N–H and O–H groups in total. The van der Waals surface area contributed by atoms with Gasteiger partial charge in [-0.25, -0.2) is 0 Å². The third-order valence-electron chi connectivity index (χ3n) is 5.65. The van der Waals surface area contributed by atoms with E-state index >= 15 is 0 Å². The van der Waals surface area contributed by atoms with Crippen LogP contribution in [0.25, 0.3) is 0 Å². The number of carbonyl (C=O) groups excluding carboxylic acids is 1. The Hall–Kier alpha value is -0.570. The van der Waals surface area contributed by atoms with Crippen molar-refractivity contribution in [2.24, 2.45) is 34.8 Å². The molecule has 0 radical (unpaired) electrons. The van der Waals surface area contributed by atoms with Crippen LogP contribution in [0.3, 0.4) is 0 Å². The number of carbonyl (C=O) groups is 1. The third-order valence-corrected chi connectivity index (χ3v) is 5.65. The Kier molecular flexibility index (Phi) is 2.92. The Morgan fingerprint density at radius 1 is 1.11 bits per heavy atom. The molecule has 0 aromatic heterocycles. The molecule has 3 nitrogen and oxygen atoms in total. The molecule has 0 aliphatic heterocycles. The van der Waals surface area contributed by atoms with Crippen molar-refractivity contribution in [3.63, 3.8) is 0 Å². The van der Waals surface area contributed by atoms with E-state index < -0.39 is 5.41 Å². The van der Waals surface area contributed by atoms with Gasteiger partial charge in [0.15, 0.2) is 0 Å². The van der Waals surface area contributed by atoms with Crippen LogP contribution in [0.5, 0.6) is 0 Å². The summed E-state index contributed by atoms with van der Waals surface area (Å²) in [5, 5.41) is 3.33. The molecule has 102 valence electrons. The van der Waals surface area contributed by atoms with Crippen molar-refractivity contribution in [1.29, 1.82) is 0 Å². The number of amides is 1. The van der Waals surface area contributed by atoms with Crippen LogP contribution >= 0.6 is 0 Å². The number of nitrogens with one attached hydrogen (secondary N) is 1. The first-order valence-electron chi connectivity index (χ1n) is 7.50. The molecule has 0 heterocycles. The molecule has 4 rings (SSSR count). The standard InChI is InChI=1S/C15H26N2O/c1-15(2,8-16)14(18)17-13-11-4-9-3-10(6-11)7-12(13)5-9/h9-13H,3-8,16H2,1-2H3,(H,17,18). The molecule has 0 unspecified atom stereocenters. The highest BCUT2D eigenvalue weighted by Crippen LogP contribution is 2.53. The second kappa shape index (κ2) is 4.22. The first-order valence-corrected chi connectivity index (χ1v) is 7.50. The van der Waals surface area contributed by atoms with E-state index in [-0.39, 0.29) is 5.91 Å². The summed E-state index contributed by atoms with van der Waals surface area (Å²) in [5.41, 5.74) is 5.27. The molecule has 4 fully saturated rings. The number of nitrogens with two attached hydrogens (primary N) is 1. The quantitative estimate of drug-likeness (QED) is 0.804. The zero-order valence-corrected chi connectivity index (χ0v) is 11.6. The maximum atomic E-state index is 12.3. The van der Waals surface area contributed by atoms with Crippen molar-refractivity contribution in [1.82, 2.24) is 5.32 Å². The Morgan fingerprint density at radius 3 is 2.06 bits per heavy atom. The Labute approximate surface area is 110 Å². The molecule has 4 aliphatic rings. The van der Waals surface area contributed by atoms with Crippen LogP contribution in [0, 0.1) is 29.1 Å². The molecule has 0 aromatic rings. The summed E-state index contributed by atoms with van der Waals surface area (Å²) in [5.74, 6) is 3.58. The summed E-state index contributed by atoms with van der Waals surface area (Å²) in [6, 6.07) is 0.441. The largest absolute Gasteiger partial charge is 0.352 e. The zero-order valence-electron chi connectivity index (χ0n) is 11.6. The first-order chi connectivity index (χ1) is 8.49. The number of hydrogen-bond acceptors (Lipinski definition) is 2. The van der Waals surface area contributed by atoms with Crippen LogP contribution in [-0.2, 0) is 4.79 Å². The van der Waals surface area contributed by atoms with E-state index in [9.17, 15) is 4.79 Å². The van der Waals surface area contributed by atoms with Crippen LogP contribution in [0.4, 0.5) is 0 Å². The smallest absolute Gasteiger partial charge is 0.227 e. The molecule has 3 heteroatoms. The highest BCUT2D eigenvalue weighted by Gasteiger charge is 2.49. The molecule has 0 saturated heterocycles. The van der Waals surface area contributed by atoms with Crippen LogP contribution < -0.4 is 11.1 Å². The van der Waals surface area contributed by atoms with Crippen LogP contribution in [0.15, 0.2) is 0 Å². The van der Waals surface area contributed by atoms with Gasteiger partial charge in [0.25, 0.3) is 0 Å². The Bertz CT molecular complexity index is 322. The van der Waals surface area contributed by atoms with E-state index in [4.69, 9.17) is 5.73 Å². The molecule has 18 heavy (non-hydrogen) atoms. The van der Waals surface area contributed by atoms with Gasteiger partial charge in [-0.15, -0.1) is 0 Å². The second-order valence-corrected chi connectivity index (χ2v) is 7.52. The Morgan fingerprint density at radius 2 is 1.61 bits per heavy atom. The monoisotopic (exact) mass is 250 g/mol. The molecule has 4 aliphatic carbocycles. The molecule has 0 spiro atoms. The fraction of sp³-hybridized carbons (Fsp3) is 0.933.